The van der Waals surface area contributed by atoms with Crippen molar-refractivity contribution in [2.75, 3.05) is 21.3 Å². The quantitative estimate of drug-likeness (QED) is 0.399. The van der Waals surface area contributed by atoms with Gasteiger partial charge in [0.15, 0.2) is 11.6 Å². The predicted molar refractivity (Wildman–Crippen MR) is 116 cm³/mol. The number of carbonyl (C=O) groups is 2. The van der Waals surface area contributed by atoms with Crippen molar-refractivity contribution in [2.45, 2.75) is 0 Å². The number of carbonyl (C=O) groups excluding carboxylic acids is 2. The summed E-state index contributed by atoms with van der Waals surface area (Å²) in [5, 5.41) is 0. The number of ketones is 2. The van der Waals surface area contributed by atoms with Crippen LogP contribution in [0.4, 0.5) is 0 Å². The minimum absolute atomic E-state index is 0.238. The maximum absolute atomic E-state index is 13.0. The molecule has 0 aliphatic carbocycles. The van der Waals surface area contributed by atoms with Crippen LogP contribution in [0.1, 0.15) is 31.8 Å². The zero-order valence-corrected chi connectivity index (χ0v) is 17.0. The third-order valence-electron chi connectivity index (χ3n) is 4.62. The molecule has 0 aromatic heterocycles. The molecule has 0 unspecified atom stereocenters. The lowest BCUT2D eigenvalue weighted by Crippen LogP contribution is -2.08. The summed E-state index contributed by atoms with van der Waals surface area (Å²) in [5.74, 6) is 0.778. The van der Waals surface area contributed by atoms with E-state index < -0.39 is 0 Å². The number of benzene rings is 3. The summed E-state index contributed by atoms with van der Waals surface area (Å²) >= 11 is 0. The minimum Gasteiger partial charge on any atom is -0.496 e. The first kappa shape index (κ1) is 20.9. The molecule has 5 heteroatoms. The van der Waals surface area contributed by atoms with Gasteiger partial charge in [-0.25, -0.2) is 0 Å². The monoisotopic (exact) mass is 402 g/mol. The zero-order valence-electron chi connectivity index (χ0n) is 17.0. The van der Waals surface area contributed by atoms with Crippen LogP contribution in [0.2, 0.25) is 0 Å². The molecule has 0 radical (unpaired) electrons. The second kappa shape index (κ2) is 9.56. The molecular weight excluding hydrogens is 380 g/mol. The average Bonchev–Trinajstić information content (AvgIpc) is 2.81. The van der Waals surface area contributed by atoms with Crippen molar-refractivity contribution in [2.24, 2.45) is 0 Å². The van der Waals surface area contributed by atoms with Gasteiger partial charge in [-0.3, -0.25) is 9.59 Å². The number of ether oxygens (including phenoxy) is 3. The normalized spacial score (nSPS) is 10.6. The van der Waals surface area contributed by atoms with Crippen LogP contribution in [0.3, 0.4) is 0 Å². The molecule has 0 heterocycles. The molecular formula is C25H22O5. The van der Waals surface area contributed by atoms with Gasteiger partial charge in [0.2, 0.25) is 0 Å². The second-order valence-electron chi connectivity index (χ2n) is 6.39. The summed E-state index contributed by atoms with van der Waals surface area (Å²) in [6.07, 6.45) is 3.10. The van der Waals surface area contributed by atoms with E-state index in [2.05, 4.69) is 0 Å². The maximum Gasteiger partial charge on any atom is 0.196 e. The topological polar surface area (TPSA) is 61.8 Å². The van der Waals surface area contributed by atoms with E-state index in [0.29, 0.717) is 28.4 Å². The van der Waals surface area contributed by atoms with Crippen molar-refractivity contribution in [3.8, 4) is 17.2 Å². The van der Waals surface area contributed by atoms with E-state index in [1.165, 1.54) is 26.4 Å². The molecule has 0 aliphatic rings. The lowest BCUT2D eigenvalue weighted by molar-refractivity contribution is 0.103. The maximum atomic E-state index is 13.0. The summed E-state index contributed by atoms with van der Waals surface area (Å²) in [7, 11) is 4.51. The number of allylic oxidation sites excluding steroid dienone is 1. The Hall–Kier alpha value is -3.86. The van der Waals surface area contributed by atoms with E-state index in [9.17, 15) is 9.59 Å². The summed E-state index contributed by atoms with van der Waals surface area (Å²) < 4.78 is 16.1. The summed E-state index contributed by atoms with van der Waals surface area (Å²) in [5.41, 5.74) is 1.83. The number of methoxy groups -OCH3 is 3. The summed E-state index contributed by atoms with van der Waals surface area (Å²) in [6, 6.07) is 19.3. The third kappa shape index (κ3) is 4.41. The number of hydrogen-bond donors (Lipinski definition) is 0. The Morgan fingerprint density at radius 1 is 0.700 bits per heavy atom. The Balaban J connectivity index is 2.02. The first-order chi connectivity index (χ1) is 14.6. The summed E-state index contributed by atoms with van der Waals surface area (Å²) in [6.45, 7) is 0. The van der Waals surface area contributed by atoms with E-state index in [1.54, 1.807) is 43.5 Å². The molecule has 3 aromatic carbocycles. The Kier molecular flexibility index (Phi) is 6.65. The molecule has 0 spiro atoms. The van der Waals surface area contributed by atoms with Gasteiger partial charge in [0.1, 0.15) is 17.2 Å². The Labute approximate surface area is 175 Å². The van der Waals surface area contributed by atoms with Gasteiger partial charge >= 0.3 is 0 Å². The molecule has 0 fully saturated rings. The number of para-hydroxylation sites is 1. The van der Waals surface area contributed by atoms with Gasteiger partial charge in [0, 0.05) is 17.2 Å². The van der Waals surface area contributed by atoms with Crippen LogP contribution >= 0.6 is 0 Å². The van der Waals surface area contributed by atoms with E-state index in [1.807, 2.05) is 30.3 Å². The van der Waals surface area contributed by atoms with Gasteiger partial charge in [0.25, 0.3) is 0 Å². The number of rotatable bonds is 8. The second-order valence-corrected chi connectivity index (χ2v) is 6.39. The van der Waals surface area contributed by atoms with Crippen molar-refractivity contribution < 1.29 is 23.8 Å². The van der Waals surface area contributed by atoms with Crippen LogP contribution in [0, 0.1) is 0 Å². The van der Waals surface area contributed by atoms with E-state index in [4.69, 9.17) is 14.2 Å². The van der Waals surface area contributed by atoms with Crippen molar-refractivity contribution in [3.05, 3.63) is 95.1 Å². The highest BCUT2D eigenvalue weighted by atomic mass is 16.5. The lowest BCUT2D eigenvalue weighted by Gasteiger charge is -2.13. The highest BCUT2D eigenvalue weighted by molar-refractivity contribution is 6.14. The van der Waals surface area contributed by atoms with Gasteiger partial charge in [-0.1, -0.05) is 48.5 Å². The highest BCUT2D eigenvalue weighted by Crippen LogP contribution is 2.31. The van der Waals surface area contributed by atoms with Gasteiger partial charge in [0.05, 0.1) is 32.5 Å². The molecule has 0 saturated heterocycles. The summed E-state index contributed by atoms with van der Waals surface area (Å²) in [4.78, 5) is 25.9. The molecule has 30 heavy (non-hydrogen) atoms. The van der Waals surface area contributed by atoms with Crippen LogP contribution in [-0.2, 0) is 0 Å². The molecule has 3 rings (SSSR count). The van der Waals surface area contributed by atoms with Crippen LogP contribution in [0.5, 0.6) is 17.2 Å². The van der Waals surface area contributed by atoms with Crippen LogP contribution in [-0.4, -0.2) is 32.9 Å². The third-order valence-corrected chi connectivity index (χ3v) is 4.62. The largest absolute Gasteiger partial charge is 0.496 e. The Bertz CT molecular complexity index is 1080. The van der Waals surface area contributed by atoms with Gasteiger partial charge in [-0.05, 0) is 24.3 Å². The highest BCUT2D eigenvalue weighted by Gasteiger charge is 2.21. The van der Waals surface area contributed by atoms with Crippen LogP contribution < -0.4 is 14.2 Å². The standard InChI is InChI=1S/C25H22O5/c1-28-22-12-8-7-9-17(22)13-14-21(26)19-15-20(24(30-3)16-23(19)29-2)25(27)18-10-5-4-6-11-18/h4-16H,1-3H3. The lowest BCUT2D eigenvalue weighted by atomic mass is 9.97. The molecule has 0 saturated carbocycles. The zero-order chi connectivity index (χ0) is 21.5. The molecule has 3 aromatic rings. The first-order valence-electron chi connectivity index (χ1n) is 9.30. The minimum atomic E-state index is -0.303. The molecule has 5 nitrogen and oxygen atoms in total. The van der Waals surface area contributed by atoms with Crippen LogP contribution in [0.25, 0.3) is 6.08 Å². The predicted octanol–water partition coefficient (Wildman–Crippen LogP) is 4.84. The van der Waals surface area contributed by atoms with Gasteiger partial charge in [-0.2, -0.15) is 0 Å². The smallest absolute Gasteiger partial charge is 0.196 e. The Morgan fingerprint density at radius 2 is 1.30 bits per heavy atom. The fourth-order valence-electron chi connectivity index (χ4n) is 3.07. The molecule has 0 atom stereocenters. The van der Waals surface area contributed by atoms with E-state index in [-0.39, 0.29) is 17.1 Å². The van der Waals surface area contributed by atoms with Crippen molar-refractivity contribution in [3.63, 3.8) is 0 Å². The molecule has 0 aliphatic heterocycles. The fraction of sp³-hybridized carbons (Fsp3) is 0.120. The molecule has 152 valence electrons. The molecule has 0 amide bonds. The number of hydrogen-bond acceptors (Lipinski definition) is 5. The fourth-order valence-corrected chi connectivity index (χ4v) is 3.07. The Morgan fingerprint density at radius 3 is 1.97 bits per heavy atom. The molecule has 0 N–H and O–H groups in total. The van der Waals surface area contributed by atoms with Gasteiger partial charge in [-0.15, -0.1) is 0 Å². The van der Waals surface area contributed by atoms with Crippen molar-refractivity contribution in [1.29, 1.82) is 0 Å². The van der Waals surface area contributed by atoms with Crippen LogP contribution in [0.15, 0.2) is 72.8 Å². The SMILES string of the molecule is COc1ccccc1C=CC(=O)c1cc(C(=O)c2ccccc2)c(OC)cc1OC. The van der Waals surface area contributed by atoms with E-state index >= 15 is 0 Å². The van der Waals surface area contributed by atoms with E-state index in [0.717, 1.165) is 5.56 Å². The van der Waals surface area contributed by atoms with Crippen molar-refractivity contribution >= 4 is 17.6 Å². The molecule has 0 bridgehead atoms. The first-order valence-corrected chi connectivity index (χ1v) is 9.30. The van der Waals surface area contributed by atoms with Gasteiger partial charge < -0.3 is 14.2 Å². The average molecular weight is 402 g/mol. The van der Waals surface area contributed by atoms with Crippen molar-refractivity contribution in [1.82, 2.24) is 0 Å².